The van der Waals surface area contributed by atoms with Gasteiger partial charge in [0.25, 0.3) is 0 Å². The van der Waals surface area contributed by atoms with Crippen LogP contribution in [0.4, 0.5) is 11.4 Å². The van der Waals surface area contributed by atoms with Gasteiger partial charge >= 0.3 is 5.97 Å². The monoisotopic (exact) mass is 270 g/mol. The van der Waals surface area contributed by atoms with Crippen LogP contribution in [0.15, 0.2) is 12.1 Å². The number of carbonyl (C=O) groups excluding carboxylic acids is 1. The molecule has 0 atom stereocenters. The number of methoxy groups -OCH3 is 1. The number of esters is 1. The molecule has 0 amide bonds. The number of nitrogens with two attached hydrogens (primary N) is 1. The van der Waals surface area contributed by atoms with Crippen LogP contribution in [0.5, 0.6) is 0 Å². The molecule has 0 aromatic heterocycles. The van der Waals surface area contributed by atoms with Gasteiger partial charge in [0.2, 0.25) is 0 Å². The molecule has 0 radical (unpaired) electrons. The van der Waals surface area contributed by atoms with E-state index in [1.54, 1.807) is 12.1 Å². The number of benzene rings is 1. The lowest BCUT2D eigenvalue weighted by molar-refractivity contribution is 0.0601. The van der Waals surface area contributed by atoms with Crippen molar-refractivity contribution in [1.29, 1.82) is 0 Å². The maximum atomic E-state index is 11.8. The first-order chi connectivity index (χ1) is 8.51. The third kappa shape index (κ3) is 3.29. The molecule has 0 saturated heterocycles. The Balaban J connectivity index is 3.18. The largest absolute Gasteiger partial charge is 0.465 e. The maximum Gasteiger partial charge on any atom is 0.340 e. The maximum absolute atomic E-state index is 11.8. The molecule has 0 fully saturated rings. The van der Waals surface area contributed by atoms with Gasteiger partial charge in [-0.25, -0.2) is 4.79 Å². The van der Waals surface area contributed by atoms with E-state index in [0.717, 1.165) is 19.4 Å². The molecule has 0 unspecified atom stereocenters. The van der Waals surface area contributed by atoms with E-state index in [9.17, 15) is 4.79 Å². The summed E-state index contributed by atoms with van der Waals surface area (Å²) in [5.74, 6) is -0.428. The molecule has 5 heteroatoms. The molecule has 0 aliphatic carbocycles. The van der Waals surface area contributed by atoms with Crippen molar-refractivity contribution in [3.63, 3.8) is 0 Å². The molecule has 100 valence electrons. The molecule has 0 aliphatic heterocycles. The molecule has 1 rings (SSSR count). The van der Waals surface area contributed by atoms with Crippen molar-refractivity contribution in [3.05, 3.63) is 22.7 Å². The first kappa shape index (κ1) is 14.6. The van der Waals surface area contributed by atoms with E-state index in [1.807, 2.05) is 11.9 Å². The van der Waals surface area contributed by atoms with Gasteiger partial charge in [-0.1, -0.05) is 24.9 Å². The number of halogens is 1. The Labute approximate surface area is 113 Å². The molecule has 0 saturated carbocycles. The van der Waals surface area contributed by atoms with E-state index in [2.05, 4.69) is 6.92 Å². The second-order valence-electron chi connectivity index (χ2n) is 4.17. The highest BCUT2D eigenvalue weighted by Gasteiger charge is 2.19. The molecular weight excluding hydrogens is 252 g/mol. The zero-order valence-corrected chi connectivity index (χ0v) is 11.8. The van der Waals surface area contributed by atoms with Gasteiger partial charge in [0.15, 0.2) is 0 Å². The van der Waals surface area contributed by atoms with Crippen LogP contribution in [0, 0.1) is 0 Å². The van der Waals surface area contributed by atoms with E-state index in [0.29, 0.717) is 22.0 Å². The Hall–Kier alpha value is -1.42. The van der Waals surface area contributed by atoms with Crippen molar-refractivity contribution >= 4 is 28.9 Å². The van der Waals surface area contributed by atoms with Gasteiger partial charge in [0.1, 0.15) is 0 Å². The second kappa shape index (κ2) is 6.50. The Kier molecular flexibility index (Phi) is 5.28. The van der Waals surface area contributed by atoms with Crippen LogP contribution in [0.2, 0.25) is 5.02 Å². The molecule has 0 bridgehead atoms. The third-order valence-corrected chi connectivity index (χ3v) is 3.01. The van der Waals surface area contributed by atoms with Crippen molar-refractivity contribution in [1.82, 2.24) is 0 Å². The zero-order chi connectivity index (χ0) is 13.7. The van der Waals surface area contributed by atoms with Crippen LogP contribution in [0.3, 0.4) is 0 Å². The summed E-state index contributed by atoms with van der Waals surface area (Å²) in [5, 5.41) is 0.467. The average Bonchev–Trinajstić information content (AvgIpc) is 2.33. The SMILES string of the molecule is CCCCN(C)c1c(Cl)cc(N)cc1C(=O)OC. The van der Waals surface area contributed by atoms with Crippen LogP contribution in [0.1, 0.15) is 30.1 Å². The van der Waals surface area contributed by atoms with Crippen molar-refractivity contribution in [2.45, 2.75) is 19.8 Å². The normalized spacial score (nSPS) is 10.2. The van der Waals surface area contributed by atoms with Gasteiger partial charge < -0.3 is 15.4 Å². The molecule has 0 spiro atoms. The summed E-state index contributed by atoms with van der Waals surface area (Å²) >= 11 is 6.18. The number of hydrogen-bond donors (Lipinski definition) is 1. The number of rotatable bonds is 5. The second-order valence-corrected chi connectivity index (χ2v) is 4.57. The number of ether oxygens (including phenoxy) is 1. The highest BCUT2D eigenvalue weighted by Crippen LogP contribution is 2.32. The topological polar surface area (TPSA) is 55.6 Å². The predicted molar refractivity (Wildman–Crippen MR) is 75.4 cm³/mol. The van der Waals surface area contributed by atoms with Crippen LogP contribution < -0.4 is 10.6 Å². The van der Waals surface area contributed by atoms with Gasteiger partial charge in [-0.15, -0.1) is 0 Å². The summed E-state index contributed by atoms with van der Waals surface area (Å²) in [6.07, 6.45) is 2.10. The summed E-state index contributed by atoms with van der Waals surface area (Å²) in [7, 11) is 3.24. The van der Waals surface area contributed by atoms with Gasteiger partial charge in [-0.3, -0.25) is 0 Å². The van der Waals surface area contributed by atoms with Crippen LogP contribution >= 0.6 is 11.6 Å². The fourth-order valence-electron chi connectivity index (χ4n) is 1.78. The highest BCUT2D eigenvalue weighted by molar-refractivity contribution is 6.34. The van der Waals surface area contributed by atoms with Crippen LogP contribution in [-0.4, -0.2) is 26.7 Å². The lowest BCUT2D eigenvalue weighted by Crippen LogP contribution is -2.22. The molecule has 0 heterocycles. The zero-order valence-electron chi connectivity index (χ0n) is 11.0. The minimum absolute atomic E-state index is 0.404. The standard InChI is InChI=1S/C13H19ClN2O2/c1-4-5-6-16(2)12-10(13(17)18-3)7-9(15)8-11(12)14/h7-8H,4-6,15H2,1-3H3. The fourth-order valence-corrected chi connectivity index (χ4v) is 2.15. The van der Waals surface area contributed by atoms with Gasteiger partial charge in [0.05, 0.1) is 23.4 Å². The lowest BCUT2D eigenvalue weighted by Gasteiger charge is -2.23. The fraction of sp³-hybridized carbons (Fsp3) is 0.462. The molecule has 1 aromatic rings. The molecule has 0 aliphatic rings. The molecule has 1 aromatic carbocycles. The number of carbonyl (C=O) groups is 1. The summed E-state index contributed by atoms with van der Waals surface area (Å²) in [4.78, 5) is 13.7. The molecule has 18 heavy (non-hydrogen) atoms. The van der Waals surface area contributed by atoms with Crippen molar-refractivity contribution in [3.8, 4) is 0 Å². The Bertz CT molecular complexity index is 435. The van der Waals surface area contributed by atoms with Gasteiger partial charge in [0, 0.05) is 19.3 Å². The molecular formula is C13H19ClN2O2. The van der Waals surface area contributed by atoms with E-state index >= 15 is 0 Å². The van der Waals surface area contributed by atoms with Crippen molar-refractivity contribution in [2.24, 2.45) is 0 Å². The van der Waals surface area contributed by atoms with E-state index < -0.39 is 5.97 Å². The van der Waals surface area contributed by atoms with Crippen LogP contribution in [0.25, 0.3) is 0 Å². The van der Waals surface area contributed by atoms with Gasteiger partial charge in [-0.2, -0.15) is 0 Å². The Morgan fingerprint density at radius 2 is 2.17 bits per heavy atom. The number of unbranched alkanes of at least 4 members (excludes halogenated alkanes) is 1. The van der Waals surface area contributed by atoms with Gasteiger partial charge in [-0.05, 0) is 18.6 Å². The highest BCUT2D eigenvalue weighted by atomic mass is 35.5. The molecule has 2 N–H and O–H groups in total. The third-order valence-electron chi connectivity index (χ3n) is 2.72. The summed E-state index contributed by atoms with van der Waals surface area (Å²) in [6.45, 7) is 2.93. The van der Waals surface area contributed by atoms with Crippen LogP contribution in [-0.2, 0) is 4.74 Å². The van der Waals surface area contributed by atoms with E-state index in [1.165, 1.54) is 7.11 Å². The van der Waals surface area contributed by atoms with Crippen molar-refractivity contribution in [2.75, 3.05) is 31.3 Å². The quantitative estimate of drug-likeness (QED) is 0.660. The smallest absolute Gasteiger partial charge is 0.340 e. The summed E-state index contributed by atoms with van der Waals surface area (Å²) < 4.78 is 4.76. The van der Waals surface area contributed by atoms with Crippen molar-refractivity contribution < 1.29 is 9.53 Å². The Morgan fingerprint density at radius 3 is 2.72 bits per heavy atom. The number of nitrogen functional groups attached to an aromatic ring is 1. The number of hydrogen-bond acceptors (Lipinski definition) is 4. The number of anilines is 2. The summed E-state index contributed by atoms with van der Waals surface area (Å²) in [6, 6.07) is 3.24. The first-order valence-electron chi connectivity index (χ1n) is 5.89. The summed E-state index contributed by atoms with van der Waals surface area (Å²) in [5.41, 5.74) is 7.24. The van der Waals surface area contributed by atoms with E-state index in [4.69, 9.17) is 22.1 Å². The average molecular weight is 271 g/mol. The predicted octanol–water partition coefficient (Wildman–Crippen LogP) is 2.95. The molecule has 4 nitrogen and oxygen atoms in total. The lowest BCUT2D eigenvalue weighted by atomic mass is 10.1. The minimum Gasteiger partial charge on any atom is -0.465 e. The number of nitrogens with zero attached hydrogens (tertiary/aromatic N) is 1. The van der Waals surface area contributed by atoms with E-state index in [-0.39, 0.29) is 0 Å². The first-order valence-corrected chi connectivity index (χ1v) is 6.27. The minimum atomic E-state index is -0.428. The Morgan fingerprint density at radius 1 is 1.50 bits per heavy atom.